The fourth-order valence-electron chi connectivity index (χ4n) is 6.94. The third kappa shape index (κ3) is 7.70. The quantitative estimate of drug-likeness (QED) is 0.290. The van der Waals surface area contributed by atoms with Gasteiger partial charge in [-0.05, 0) is 66.8 Å². The first-order valence-corrected chi connectivity index (χ1v) is 18.1. The van der Waals surface area contributed by atoms with Gasteiger partial charge in [0.2, 0.25) is 11.8 Å². The molecule has 0 spiro atoms. The maximum atomic E-state index is 14.1. The highest BCUT2D eigenvalue weighted by molar-refractivity contribution is 6.99. The summed E-state index contributed by atoms with van der Waals surface area (Å²) in [6, 6.07) is 20.2. The summed E-state index contributed by atoms with van der Waals surface area (Å²) in [5, 5.41) is 5.14. The van der Waals surface area contributed by atoms with E-state index in [1.807, 2.05) is 19.2 Å². The number of hydrogen-bond donors (Lipinski definition) is 1. The Morgan fingerprint density at radius 3 is 2.07 bits per heavy atom. The summed E-state index contributed by atoms with van der Waals surface area (Å²) in [5.74, 6) is -1.84. The van der Waals surface area contributed by atoms with Crippen molar-refractivity contribution in [3.05, 3.63) is 72.8 Å². The van der Waals surface area contributed by atoms with Crippen LogP contribution >= 0.6 is 0 Å². The molecule has 2 amide bonds. The predicted octanol–water partition coefficient (Wildman–Crippen LogP) is 4.98. The first-order valence-electron chi connectivity index (χ1n) is 16.2. The van der Waals surface area contributed by atoms with Crippen molar-refractivity contribution in [1.29, 1.82) is 0 Å². The van der Waals surface area contributed by atoms with Crippen molar-refractivity contribution in [3.8, 4) is 0 Å². The highest BCUT2D eigenvalue weighted by Crippen LogP contribution is 2.41. The Balaban J connectivity index is 1.71. The molecule has 0 aromatic heterocycles. The summed E-state index contributed by atoms with van der Waals surface area (Å²) >= 11 is 0. The Morgan fingerprint density at radius 2 is 1.48 bits per heavy atom. The summed E-state index contributed by atoms with van der Waals surface area (Å²) in [6.07, 6.45) is 9.51. The second kappa shape index (κ2) is 15.2. The molecular weight excluding hydrogens is 568 g/mol. The van der Waals surface area contributed by atoms with Crippen LogP contribution in [-0.2, 0) is 23.5 Å². The molecule has 1 aliphatic carbocycles. The largest absolute Gasteiger partial charge is 0.467 e. The van der Waals surface area contributed by atoms with Gasteiger partial charge in [-0.2, -0.15) is 0 Å². The van der Waals surface area contributed by atoms with Crippen LogP contribution in [0.5, 0.6) is 0 Å². The van der Waals surface area contributed by atoms with Crippen molar-refractivity contribution in [2.75, 3.05) is 20.7 Å². The van der Waals surface area contributed by atoms with Crippen molar-refractivity contribution in [2.24, 2.45) is 11.8 Å². The molecule has 0 unspecified atom stereocenters. The Morgan fingerprint density at radius 1 is 0.864 bits per heavy atom. The van der Waals surface area contributed by atoms with E-state index in [4.69, 9.17) is 9.16 Å². The summed E-state index contributed by atoms with van der Waals surface area (Å²) in [4.78, 5) is 42.4. The number of nitrogens with zero attached hydrogens (tertiary/aromatic N) is 1. The number of fused-ring (bicyclic) bond motifs is 1. The van der Waals surface area contributed by atoms with Crippen LogP contribution in [0, 0.1) is 11.8 Å². The Kier molecular flexibility index (Phi) is 11.6. The molecule has 1 fully saturated rings. The molecule has 4 atom stereocenters. The van der Waals surface area contributed by atoms with Crippen LogP contribution in [0.3, 0.4) is 0 Å². The first kappa shape index (κ1) is 33.7. The molecule has 2 aromatic rings. The zero-order chi connectivity index (χ0) is 31.7. The highest BCUT2D eigenvalue weighted by atomic mass is 28.4. The van der Waals surface area contributed by atoms with Crippen molar-refractivity contribution < 1.29 is 23.5 Å². The van der Waals surface area contributed by atoms with Crippen LogP contribution in [0.1, 0.15) is 72.1 Å². The molecule has 238 valence electrons. The zero-order valence-corrected chi connectivity index (χ0v) is 28.1. The summed E-state index contributed by atoms with van der Waals surface area (Å²) < 4.78 is 12.5. The highest BCUT2D eigenvalue weighted by Gasteiger charge is 2.53. The number of esters is 1. The Labute approximate surface area is 264 Å². The Hall–Kier alpha value is -3.23. The number of methoxy groups -OCH3 is 1. The number of allylic oxidation sites excluding steroid dienone is 2. The van der Waals surface area contributed by atoms with Crippen molar-refractivity contribution >= 4 is 36.5 Å². The van der Waals surface area contributed by atoms with E-state index in [0.29, 0.717) is 38.6 Å². The van der Waals surface area contributed by atoms with E-state index in [9.17, 15) is 14.4 Å². The minimum Gasteiger partial charge on any atom is -0.467 e. The lowest BCUT2D eigenvalue weighted by molar-refractivity contribution is -0.148. The lowest BCUT2D eigenvalue weighted by Crippen LogP contribution is -2.68. The van der Waals surface area contributed by atoms with E-state index in [-0.39, 0.29) is 23.0 Å². The molecule has 8 heteroatoms. The topological polar surface area (TPSA) is 84.9 Å². The number of nitrogens with one attached hydrogen (secondary N) is 1. The standard InChI is InChI=1S/C36H50N2O5Si/c1-36(2,3)44(28-18-12-10-13-19-28,29-20-14-11-15-21-29)43-27-23-24-30-31(26-27)33(39)37-32(35(41)42-5)22-16-8-6-7-9-17-25-38(4)34(30)40/h6,8,10-15,18-21,27,30-32H,7,9,16-17,22-26H2,1-5H3,(H,37,39)/t27-,30-,31-,32-/m1/s1. The molecule has 1 N–H and O–H groups in total. The number of hydrogen-bond acceptors (Lipinski definition) is 5. The fraction of sp³-hybridized carbons (Fsp3) is 0.528. The fourth-order valence-corrected chi connectivity index (χ4v) is 11.7. The van der Waals surface area contributed by atoms with E-state index in [0.717, 1.165) is 19.3 Å². The van der Waals surface area contributed by atoms with E-state index in [1.165, 1.54) is 17.5 Å². The SMILES string of the molecule is COC(=O)[C@H]1CCC=CCCCCN(C)C(=O)[C@@H]2CC[C@@H](O[Si](c3ccccc3)(c3ccccc3)C(C)(C)C)C[C@H]2C(=O)N1. The third-order valence-electron chi connectivity index (χ3n) is 9.30. The van der Waals surface area contributed by atoms with Crippen LogP contribution < -0.4 is 15.7 Å². The van der Waals surface area contributed by atoms with Gasteiger partial charge in [-0.25, -0.2) is 4.79 Å². The van der Waals surface area contributed by atoms with Gasteiger partial charge >= 0.3 is 5.97 Å². The van der Waals surface area contributed by atoms with Crippen molar-refractivity contribution in [3.63, 3.8) is 0 Å². The summed E-state index contributed by atoms with van der Waals surface area (Å²) in [7, 11) is 0.319. The van der Waals surface area contributed by atoms with Crippen molar-refractivity contribution in [2.45, 2.75) is 89.3 Å². The molecule has 4 rings (SSSR count). The maximum absolute atomic E-state index is 14.1. The number of benzene rings is 2. The first-order chi connectivity index (χ1) is 21.1. The smallest absolute Gasteiger partial charge is 0.328 e. The van der Waals surface area contributed by atoms with Gasteiger partial charge in [-0.1, -0.05) is 93.6 Å². The van der Waals surface area contributed by atoms with E-state index in [1.54, 1.807) is 4.90 Å². The molecule has 0 radical (unpaired) electrons. The van der Waals surface area contributed by atoms with Gasteiger partial charge in [0, 0.05) is 25.6 Å². The van der Waals surface area contributed by atoms with Gasteiger partial charge in [-0.3, -0.25) is 9.59 Å². The number of amides is 2. The minimum absolute atomic E-state index is 0.00548. The third-order valence-corrected chi connectivity index (χ3v) is 14.4. The molecule has 1 saturated carbocycles. The molecule has 1 aliphatic heterocycles. The van der Waals surface area contributed by atoms with Crippen LogP contribution in [0.25, 0.3) is 0 Å². The van der Waals surface area contributed by atoms with Crippen LogP contribution in [0.2, 0.25) is 5.04 Å². The summed E-state index contributed by atoms with van der Waals surface area (Å²) in [6.45, 7) is 7.39. The molecule has 44 heavy (non-hydrogen) atoms. The predicted molar refractivity (Wildman–Crippen MR) is 177 cm³/mol. The molecular formula is C36H50N2O5Si. The normalized spacial score (nSPS) is 24.4. The molecule has 2 aliphatic rings. The average Bonchev–Trinajstić information content (AvgIpc) is 3.03. The molecule has 1 heterocycles. The van der Waals surface area contributed by atoms with Gasteiger partial charge < -0.3 is 19.4 Å². The second-order valence-electron chi connectivity index (χ2n) is 13.3. The molecule has 0 saturated heterocycles. The van der Waals surface area contributed by atoms with Crippen LogP contribution in [0.15, 0.2) is 72.8 Å². The average molecular weight is 619 g/mol. The number of carbonyl (C=O) groups is 3. The van der Waals surface area contributed by atoms with Crippen LogP contribution in [0.4, 0.5) is 0 Å². The van der Waals surface area contributed by atoms with Gasteiger partial charge in [0.15, 0.2) is 0 Å². The van der Waals surface area contributed by atoms with E-state index < -0.39 is 32.2 Å². The number of carbonyl (C=O) groups excluding carboxylic acids is 3. The number of rotatable bonds is 5. The van der Waals surface area contributed by atoms with Gasteiger partial charge in [0.05, 0.1) is 13.0 Å². The Bertz CT molecular complexity index is 1240. The molecule has 7 nitrogen and oxygen atoms in total. The van der Waals surface area contributed by atoms with Gasteiger partial charge in [0.25, 0.3) is 8.32 Å². The monoisotopic (exact) mass is 618 g/mol. The maximum Gasteiger partial charge on any atom is 0.328 e. The zero-order valence-electron chi connectivity index (χ0n) is 27.1. The second-order valence-corrected chi connectivity index (χ2v) is 17.6. The van der Waals surface area contributed by atoms with Gasteiger partial charge in [0.1, 0.15) is 6.04 Å². The van der Waals surface area contributed by atoms with E-state index in [2.05, 4.69) is 86.8 Å². The lowest BCUT2D eigenvalue weighted by atomic mass is 9.76. The van der Waals surface area contributed by atoms with Crippen LogP contribution in [-0.4, -0.2) is 63.8 Å². The lowest BCUT2D eigenvalue weighted by Gasteiger charge is -2.47. The molecule has 2 aromatic carbocycles. The van der Waals surface area contributed by atoms with Gasteiger partial charge in [-0.15, -0.1) is 0 Å². The minimum atomic E-state index is -2.86. The molecule has 0 bridgehead atoms. The van der Waals surface area contributed by atoms with E-state index >= 15 is 0 Å². The number of ether oxygens (including phenoxy) is 1. The van der Waals surface area contributed by atoms with Crippen molar-refractivity contribution in [1.82, 2.24) is 10.2 Å². The summed E-state index contributed by atoms with van der Waals surface area (Å²) in [5.41, 5.74) is 0.